The zero-order valence-electron chi connectivity index (χ0n) is 12.3. The summed E-state index contributed by atoms with van der Waals surface area (Å²) in [4.78, 5) is 36.4. The standard InChI is InChI=1S/C14H16N2O6/c1-20-12-10-13(18)15-8-3-4-22-6-9(8)16(10)5-7(11(12)17)14(19)21-2/h5,8-9H,3-4,6H2,1-2H3,(H,15,18)/t8-,9?/m1/s1. The van der Waals surface area contributed by atoms with Gasteiger partial charge in [0.05, 0.1) is 32.9 Å². The summed E-state index contributed by atoms with van der Waals surface area (Å²) in [6.07, 6.45) is 2.02. The maximum atomic E-state index is 12.3. The van der Waals surface area contributed by atoms with E-state index in [1.807, 2.05) is 0 Å². The summed E-state index contributed by atoms with van der Waals surface area (Å²) < 4.78 is 16.8. The molecule has 118 valence electrons. The van der Waals surface area contributed by atoms with Crippen LogP contribution in [0.2, 0.25) is 0 Å². The third-order valence-electron chi connectivity index (χ3n) is 4.02. The summed E-state index contributed by atoms with van der Waals surface area (Å²) in [5, 5.41) is 2.86. The molecule has 1 aromatic rings. The summed E-state index contributed by atoms with van der Waals surface area (Å²) in [5.74, 6) is -1.32. The quantitative estimate of drug-likeness (QED) is 0.755. The SMILES string of the molecule is COC(=O)c1cn2c(c(OC)c1=O)C(=O)N[C@@H]1CCOCC12. The van der Waals surface area contributed by atoms with E-state index in [-0.39, 0.29) is 29.1 Å². The van der Waals surface area contributed by atoms with Crippen LogP contribution in [-0.4, -0.2) is 49.9 Å². The Morgan fingerprint density at radius 1 is 1.41 bits per heavy atom. The van der Waals surface area contributed by atoms with Gasteiger partial charge in [-0.05, 0) is 6.42 Å². The van der Waals surface area contributed by atoms with Crippen LogP contribution in [0.5, 0.6) is 5.75 Å². The fourth-order valence-electron chi connectivity index (χ4n) is 2.94. The van der Waals surface area contributed by atoms with Crippen LogP contribution in [0.4, 0.5) is 0 Å². The molecule has 8 nitrogen and oxygen atoms in total. The van der Waals surface area contributed by atoms with Crippen molar-refractivity contribution in [1.29, 1.82) is 0 Å². The summed E-state index contributed by atoms with van der Waals surface area (Å²) in [6.45, 7) is 0.933. The normalized spacial score (nSPS) is 23.1. The molecule has 0 radical (unpaired) electrons. The van der Waals surface area contributed by atoms with Crippen LogP contribution >= 0.6 is 0 Å². The number of methoxy groups -OCH3 is 2. The molecule has 1 amide bonds. The van der Waals surface area contributed by atoms with Crippen LogP contribution in [0.3, 0.4) is 0 Å². The maximum Gasteiger partial charge on any atom is 0.343 e. The van der Waals surface area contributed by atoms with E-state index in [0.717, 1.165) is 0 Å². The first-order chi connectivity index (χ1) is 10.6. The van der Waals surface area contributed by atoms with Crippen LogP contribution in [0.15, 0.2) is 11.0 Å². The number of hydrogen-bond acceptors (Lipinski definition) is 6. The van der Waals surface area contributed by atoms with Crippen molar-refractivity contribution >= 4 is 11.9 Å². The number of aromatic nitrogens is 1. The average molecular weight is 308 g/mol. The third-order valence-corrected chi connectivity index (χ3v) is 4.02. The minimum atomic E-state index is -0.766. The number of esters is 1. The molecule has 1 fully saturated rings. The van der Waals surface area contributed by atoms with Gasteiger partial charge in [0.1, 0.15) is 5.56 Å². The lowest BCUT2D eigenvalue weighted by atomic mass is 9.98. The van der Waals surface area contributed by atoms with Crippen molar-refractivity contribution in [1.82, 2.24) is 9.88 Å². The van der Waals surface area contributed by atoms with Crippen molar-refractivity contribution in [2.45, 2.75) is 18.5 Å². The smallest absolute Gasteiger partial charge is 0.343 e. The lowest BCUT2D eigenvalue weighted by Gasteiger charge is -2.39. The number of ether oxygens (including phenoxy) is 3. The highest BCUT2D eigenvalue weighted by atomic mass is 16.5. The van der Waals surface area contributed by atoms with Crippen molar-refractivity contribution in [2.24, 2.45) is 0 Å². The van der Waals surface area contributed by atoms with Gasteiger partial charge in [0.15, 0.2) is 11.4 Å². The first kappa shape index (κ1) is 14.6. The predicted molar refractivity (Wildman–Crippen MR) is 74.3 cm³/mol. The Morgan fingerprint density at radius 3 is 2.86 bits per heavy atom. The molecule has 0 aromatic carbocycles. The topological polar surface area (TPSA) is 95.9 Å². The van der Waals surface area contributed by atoms with E-state index in [9.17, 15) is 14.4 Å². The monoisotopic (exact) mass is 308 g/mol. The number of carbonyl (C=O) groups excluding carboxylic acids is 2. The van der Waals surface area contributed by atoms with E-state index in [1.54, 1.807) is 4.57 Å². The van der Waals surface area contributed by atoms with Gasteiger partial charge in [-0.1, -0.05) is 0 Å². The molecular weight excluding hydrogens is 292 g/mol. The molecule has 0 spiro atoms. The number of hydrogen-bond donors (Lipinski definition) is 1. The van der Waals surface area contributed by atoms with Gasteiger partial charge in [-0.15, -0.1) is 0 Å². The zero-order valence-corrected chi connectivity index (χ0v) is 12.3. The van der Waals surface area contributed by atoms with Crippen molar-refractivity contribution < 1.29 is 23.8 Å². The van der Waals surface area contributed by atoms with Crippen molar-refractivity contribution in [3.05, 3.63) is 27.7 Å². The first-order valence-electron chi connectivity index (χ1n) is 6.88. The Balaban J connectivity index is 2.24. The molecular formula is C14H16N2O6. The number of rotatable bonds is 2. The van der Waals surface area contributed by atoms with E-state index in [2.05, 4.69) is 10.1 Å². The van der Waals surface area contributed by atoms with Crippen molar-refractivity contribution in [2.75, 3.05) is 27.4 Å². The summed E-state index contributed by atoms with van der Waals surface area (Å²) in [6, 6.07) is -0.300. The van der Waals surface area contributed by atoms with Crippen LogP contribution in [0.25, 0.3) is 0 Å². The molecule has 1 unspecified atom stereocenters. The second-order valence-corrected chi connectivity index (χ2v) is 5.16. The molecule has 2 atom stereocenters. The van der Waals surface area contributed by atoms with Gasteiger partial charge in [0, 0.05) is 12.8 Å². The van der Waals surface area contributed by atoms with Gasteiger partial charge in [0.25, 0.3) is 5.91 Å². The van der Waals surface area contributed by atoms with E-state index in [1.165, 1.54) is 20.4 Å². The van der Waals surface area contributed by atoms with Crippen LogP contribution < -0.4 is 15.5 Å². The Morgan fingerprint density at radius 2 is 2.18 bits per heavy atom. The zero-order chi connectivity index (χ0) is 15.9. The summed E-state index contributed by atoms with van der Waals surface area (Å²) in [5.41, 5.74) is -0.722. The Kier molecular flexibility index (Phi) is 3.61. The third kappa shape index (κ3) is 2.07. The number of nitrogens with zero attached hydrogens (tertiary/aromatic N) is 1. The number of amides is 1. The lowest BCUT2D eigenvalue weighted by Crippen LogP contribution is -2.52. The highest BCUT2D eigenvalue weighted by molar-refractivity contribution is 5.98. The number of pyridine rings is 1. The maximum absolute atomic E-state index is 12.3. The van der Waals surface area contributed by atoms with Gasteiger partial charge < -0.3 is 24.1 Å². The molecule has 1 aromatic heterocycles. The fourth-order valence-corrected chi connectivity index (χ4v) is 2.94. The van der Waals surface area contributed by atoms with Gasteiger partial charge >= 0.3 is 5.97 Å². The van der Waals surface area contributed by atoms with Gasteiger partial charge in [-0.3, -0.25) is 9.59 Å². The largest absolute Gasteiger partial charge is 0.491 e. The Bertz CT molecular complexity index is 695. The highest BCUT2D eigenvalue weighted by Crippen LogP contribution is 2.29. The number of carbonyl (C=O) groups is 2. The van der Waals surface area contributed by atoms with E-state index in [0.29, 0.717) is 19.6 Å². The van der Waals surface area contributed by atoms with E-state index in [4.69, 9.17) is 9.47 Å². The minimum absolute atomic E-state index is 0.104. The average Bonchev–Trinajstić information content (AvgIpc) is 2.54. The highest BCUT2D eigenvalue weighted by Gasteiger charge is 2.38. The second-order valence-electron chi connectivity index (χ2n) is 5.16. The molecule has 2 aliphatic heterocycles. The van der Waals surface area contributed by atoms with Crippen molar-refractivity contribution in [3.63, 3.8) is 0 Å². The van der Waals surface area contributed by atoms with Crippen LogP contribution in [0, 0.1) is 0 Å². The molecule has 0 bridgehead atoms. The van der Waals surface area contributed by atoms with E-state index < -0.39 is 17.3 Å². The summed E-state index contributed by atoms with van der Waals surface area (Å²) in [7, 11) is 2.48. The molecule has 0 aliphatic carbocycles. The summed E-state index contributed by atoms with van der Waals surface area (Å²) >= 11 is 0. The molecule has 0 saturated carbocycles. The minimum Gasteiger partial charge on any atom is -0.491 e. The molecule has 3 rings (SSSR count). The Labute approximate surface area is 126 Å². The molecule has 2 aliphatic rings. The van der Waals surface area contributed by atoms with E-state index >= 15 is 0 Å². The fraction of sp³-hybridized carbons (Fsp3) is 0.500. The van der Waals surface area contributed by atoms with Crippen LogP contribution in [-0.2, 0) is 9.47 Å². The van der Waals surface area contributed by atoms with Gasteiger partial charge in [-0.2, -0.15) is 0 Å². The second kappa shape index (κ2) is 5.45. The number of nitrogens with one attached hydrogen (secondary N) is 1. The van der Waals surface area contributed by atoms with Crippen LogP contribution in [0.1, 0.15) is 33.3 Å². The molecule has 3 heterocycles. The molecule has 8 heteroatoms. The molecule has 22 heavy (non-hydrogen) atoms. The predicted octanol–water partition coefficient (Wildman–Crippen LogP) is -0.283. The lowest BCUT2D eigenvalue weighted by molar-refractivity contribution is 0.0267. The Hall–Kier alpha value is -2.35. The van der Waals surface area contributed by atoms with Crippen molar-refractivity contribution in [3.8, 4) is 5.75 Å². The van der Waals surface area contributed by atoms with Gasteiger partial charge in [0.2, 0.25) is 5.43 Å². The van der Waals surface area contributed by atoms with Gasteiger partial charge in [-0.25, -0.2) is 4.79 Å². The number of fused-ring (bicyclic) bond motifs is 3. The molecule has 1 N–H and O–H groups in total. The molecule has 1 saturated heterocycles. The first-order valence-corrected chi connectivity index (χ1v) is 6.88.